The van der Waals surface area contributed by atoms with Crippen LogP contribution in [-0.4, -0.2) is 27.2 Å². The van der Waals surface area contributed by atoms with Crippen LogP contribution in [0.5, 0.6) is 0 Å². The fourth-order valence-corrected chi connectivity index (χ4v) is 7.33. The van der Waals surface area contributed by atoms with Gasteiger partial charge in [-0.25, -0.2) is 0 Å². The fourth-order valence-electron chi connectivity index (χ4n) is 6.69. The van der Waals surface area contributed by atoms with Gasteiger partial charge in [-0.3, -0.25) is 19.7 Å². The molecule has 0 radical (unpaired) electrons. The normalized spacial score (nSPS) is 17.9. The van der Waals surface area contributed by atoms with Crippen LogP contribution in [0.4, 0.5) is 0 Å². The summed E-state index contributed by atoms with van der Waals surface area (Å²) in [6.07, 6.45) is 41.9. The van der Waals surface area contributed by atoms with E-state index in [1.165, 1.54) is 102 Å². The maximum atomic E-state index is 13.4. The van der Waals surface area contributed by atoms with E-state index in [9.17, 15) is 24.8 Å². The minimum Gasteiger partial charge on any atom is -0.377 e. The van der Waals surface area contributed by atoms with Crippen LogP contribution < -0.4 is 0 Å². The van der Waals surface area contributed by atoms with Crippen LogP contribution in [0.3, 0.4) is 0 Å². The van der Waals surface area contributed by atoms with Gasteiger partial charge in [0.05, 0.1) is 10.8 Å². The van der Waals surface area contributed by atoms with E-state index in [-0.39, 0.29) is 29.6 Å². The number of hydrogen-bond acceptors (Lipinski definition) is 5. The number of nitro groups is 1. The van der Waals surface area contributed by atoms with Crippen LogP contribution in [0, 0.1) is 16.0 Å². The summed E-state index contributed by atoms with van der Waals surface area (Å²) in [6.45, 7) is 4.49. The molecule has 49 heavy (non-hydrogen) atoms. The van der Waals surface area contributed by atoms with Crippen molar-refractivity contribution in [2.24, 2.45) is 5.92 Å². The molecule has 1 N–H and O–H groups in total. The van der Waals surface area contributed by atoms with E-state index in [4.69, 9.17) is 0 Å². The van der Waals surface area contributed by atoms with Gasteiger partial charge >= 0.3 is 0 Å². The third kappa shape index (κ3) is 20.5. The van der Waals surface area contributed by atoms with Crippen molar-refractivity contribution < 1.29 is 19.6 Å². The van der Waals surface area contributed by atoms with Gasteiger partial charge in [-0.05, 0) is 70.3 Å². The number of Topliss-reactive ketones (excluding diaryl/α,β-unsaturated/α-hetero) is 2. The number of nitrogens with zero attached hydrogens (tertiary/aromatic N) is 1. The number of allylic oxidation sites excluding steroid dienone is 5. The van der Waals surface area contributed by atoms with E-state index >= 15 is 0 Å². The fraction of sp³-hybridized carbons (Fsp3) is 0.762. The van der Waals surface area contributed by atoms with Crippen LogP contribution >= 0.6 is 9.24 Å². The number of carbonyl (C=O) groups excluding carboxylic acids is 2. The van der Waals surface area contributed by atoms with E-state index in [1.807, 2.05) is 0 Å². The first-order valence-corrected chi connectivity index (χ1v) is 20.8. The molecule has 0 heterocycles. The van der Waals surface area contributed by atoms with E-state index in [1.54, 1.807) is 0 Å². The van der Waals surface area contributed by atoms with Gasteiger partial charge in [0.2, 0.25) is 0 Å². The number of unbranched alkanes of at least 4 members (excludes halogenated alkanes) is 22. The quantitative estimate of drug-likeness (QED) is 0.0241. The second kappa shape index (κ2) is 29.8. The van der Waals surface area contributed by atoms with Gasteiger partial charge in [0, 0.05) is 24.2 Å². The van der Waals surface area contributed by atoms with Crippen molar-refractivity contribution >= 4 is 20.8 Å². The number of ketones is 2. The number of carbonyl (C=O) groups is 2. The van der Waals surface area contributed by atoms with Crippen LogP contribution in [0.1, 0.15) is 194 Å². The molecule has 280 valence electrons. The first kappa shape index (κ1) is 45.1. The van der Waals surface area contributed by atoms with Gasteiger partial charge in [0.1, 0.15) is 5.78 Å². The standard InChI is InChI=1S/C42H72NO5P/c1-3-5-7-9-11-13-15-17-19-21-23-25-27-29-31-33-38(44)40-41(49)37(43(47)48)35-36-42(40,46)39(45)34-32-30-28-26-24-22-20-18-16-14-12-10-8-6-4-2/h17-20,35-36,40,46H,3-16,21-34,49H2,1-2H3. The zero-order chi connectivity index (χ0) is 36.0. The van der Waals surface area contributed by atoms with Gasteiger partial charge < -0.3 is 5.11 Å². The molecule has 0 bridgehead atoms. The average Bonchev–Trinajstić information content (AvgIpc) is 3.08. The first-order valence-electron chi connectivity index (χ1n) is 20.2. The van der Waals surface area contributed by atoms with Crippen molar-refractivity contribution in [2.75, 3.05) is 0 Å². The molecule has 0 saturated heterocycles. The Bertz CT molecular complexity index is 1030. The van der Waals surface area contributed by atoms with Crippen molar-refractivity contribution in [1.29, 1.82) is 0 Å². The van der Waals surface area contributed by atoms with Gasteiger partial charge in [0.25, 0.3) is 5.70 Å². The molecule has 3 unspecified atom stereocenters. The second-order valence-electron chi connectivity index (χ2n) is 14.2. The van der Waals surface area contributed by atoms with Crippen LogP contribution in [-0.2, 0) is 9.59 Å². The van der Waals surface area contributed by atoms with Crippen molar-refractivity contribution in [3.05, 3.63) is 57.6 Å². The molecule has 0 aliphatic heterocycles. The molecule has 0 amide bonds. The summed E-state index contributed by atoms with van der Waals surface area (Å²) in [5.41, 5.74) is -2.26. The Morgan fingerprint density at radius 2 is 1.04 bits per heavy atom. The summed E-state index contributed by atoms with van der Waals surface area (Å²) in [6, 6.07) is 0. The third-order valence-electron chi connectivity index (χ3n) is 9.86. The summed E-state index contributed by atoms with van der Waals surface area (Å²) in [7, 11) is 2.29. The first-order chi connectivity index (χ1) is 23.8. The third-order valence-corrected chi connectivity index (χ3v) is 10.5. The van der Waals surface area contributed by atoms with E-state index in [0.29, 0.717) is 12.8 Å². The molecule has 1 aliphatic rings. The molecule has 0 spiro atoms. The highest BCUT2D eigenvalue weighted by molar-refractivity contribution is 7.22. The van der Waals surface area contributed by atoms with Gasteiger partial charge in [-0.15, -0.1) is 9.24 Å². The second-order valence-corrected chi connectivity index (χ2v) is 14.9. The van der Waals surface area contributed by atoms with Crippen molar-refractivity contribution in [1.82, 2.24) is 0 Å². The van der Waals surface area contributed by atoms with Crippen LogP contribution in [0.25, 0.3) is 0 Å². The number of rotatable bonds is 33. The summed E-state index contributed by atoms with van der Waals surface area (Å²) < 4.78 is 0. The Balaban J connectivity index is 2.37. The molecular formula is C42H72NO5P. The molecule has 0 aromatic rings. The maximum absolute atomic E-state index is 13.4. The Kier molecular flexibility index (Phi) is 27.4. The Morgan fingerprint density at radius 1 is 0.673 bits per heavy atom. The van der Waals surface area contributed by atoms with Crippen molar-refractivity contribution in [3.8, 4) is 0 Å². The molecule has 0 aromatic carbocycles. The summed E-state index contributed by atoms with van der Waals surface area (Å²) in [5.74, 6) is -1.95. The van der Waals surface area contributed by atoms with Crippen molar-refractivity contribution in [3.63, 3.8) is 0 Å². The van der Waals surface area contributed by atoms with Crippen LogP contribution in [0.2, 0.25) is 0 Å². The molecule has 1 rings (SSSR count). The maximum Gasteiger partial charge on any atom is 0.273 e. The molecule has 3 atom stereocenters. The largest absolute Gasteiger partial charge is 0.377 e. The lowest BCUT2D eigenvalue weighted by atomic mass is 9.75. The molecular weight excluding hydrogens is 629 g/mol. The summed E-state index contributed by atoms with van der Waals surface area (Å²) in [4.78, 5) is 37.8. The average molecular weight is 702 g/mol. The predicted molar refractivity (Wildman–Crippen MR) is 210 cm³/mol. The molecule has 1 aliphatic carbocycles. The Labute approximate surface area is 302 Å². The van der Waals surface area contributed by atoms with E-state index in [0.717, 1.165) is 64.2 Å². The lowest BCUT2D eigenvalue weighted by Crippen LogP contribution is -2.49. The van der Waals surface area contributed by atoms with Gasteiger partial charge in [-0.2, -0.15) is 0 Å². The van der Waals surface area contributed by atoms with E-state index < -0.39 is 22.2 Å². The lowest BCUT2D eigenvalue weighted by molar-refractivity contribution is -0.420. The lowest BCUT2D eigenvalue weighted by Gasteiger charge is -2.34. The monoisotopic (exact) mass is 702 g/mol. The number of aliphatic hydroxyl groups is 1. The zero-order valence-electron chi connectivity index (χ0n) is 31.4. The predicted octanol–water partition coefficient (Wildman–Crippen LogP) is 12.5. The SMILES string of the molecule is CCCCCCCCC=CCCCCCCCC(=O)C1C(P)=C([N+](=O)[O-])C=CC1(O)C(=O)CCCCCCCC=CCCCCCCCC. The topological polar surface area (TPSA) is 97.5 Å². The van der Waals surface area contributed by atoms with Crippen molar-refractivity contribution in [2.45, 2.75) is 199 Å². The molecule has 7 heteroatoms. The molecule has 0 fully saturated rings. The number of hydrogen-bond donors (Lipinski definition) is 1. The summed E-state index contributed by atoms with van der Waals surface area (Å²) in [5, 5.41) is 23.3. The Hall–Kier alpha value is -1.91. The Morgan fingerprint density at radius 3 is 1.45 bits per heavy atom. The molecule has 0 saturated carbocycles. The highest BCUT2D eigenvalue weighted by Gasteiger charge is 2.49. The summed E-state index contributed by atoms with van der Waals surface area (Å²) >= 11 is 0. The highest BCUT2D eigenvalue weighted by Crippen LogP contribution is 2.40. The van der Waals surface area contributed by atoms with Crippen LogP contribution in [0.15, 0.2) is 47.5 Å². The smallest absolute Gasteiger partial charge is 0.273 e. The minimum atomic E-state index is -2.03. The zero-order valence-corrected chi connectivity index (χ0v) is 32.6. The minimum absolute atomic E-state index is 0.102. The molecule has 0 aromatic heterocycles. The van der Waals surface area contributed by atoms with Gasteiger partial charge in [-0.1, -0.05) is 141 Å². The van der Waals surface area contributed by atoms with Gasteiger partial charge in [0.15, 0.2) is 11.4 Å². The molecule has 6 nitrogen and oxygen atoms in total. The van der Waals surface area contributed by atoms with E-state index in [2.05, 4.69) is 47.4 Å². The highest BCUT2D eigenvalue weighted by atomic mass is 31.0.